The molecule has 61 heavy (non-hydrogen) atoms. The number of amides is 4. The molecule has 1 aromatic heterocycles. The molecule has 6 rings (SSSR count). The van der Waals surface area contributed by atoms with E-state index in [-0.39, 0.29) is 73.3 Å². The van der Waals surface area contributed by atoms with Gasteiger partial charge in [0.2, 0.25) is 17.7 Å². The van der Waals surface area contributed by atoms with Crippen molar-refractivity contribution >= 4 is 58.0 Å². The average molecular weight is 877 g/mol. The molecule has 3 N–H and O–H groups in total. The number of hydrogen-bond donors (Lipinski definition) is 3. The van der Waals surface area contributed by atoms with Gasteiger partial charge in [-0.3, -0.25) is 39.2 Å². The van der Waals surface area contributed by atoms with Gasteiger partial charge in [0.05, 0.1) is 48.3 Å². The van der Waals surface area contributed by atoms with Crippen LogP contribution in [-0.2, 0) is 30.1 Å². The maximum atomic E-state index is 14.3. The number of piperazine rings is 1. The number of benzene rings is 1. The minimum Gasteiger partial charge on any atom is -0.377 e. The van der Waals surface area contributed by atoms with Crippen LogP contribution in [0.2, 0.25) is 0 Å². The first-order valence-corrected chi connectivity index (χ1v) is 19.9. The van der Waals surface area contributed by atoms with Crippen LogP contribution in [0.15, 0.2) is 30.5 Å². The maximum Gasteiger partial charge on any atom is 0.419 e. The van der Waals surface area contributed by atoms with E-state index in [2.05, 4.69) is 20.9 Å². The second-order valence-electron chi connectivity index (χ2n) is 15.8. The Bertz CT molecular complexity index is 2150. The van der Waals surface area contributed by atoms with Gasteiger partial charge in [-0.25, -0.2) is 4.98 Å². The Balaban J connectivity index is 0.988. The van der Waals surface area contributed by atoms with Crippen LogP contribution in [0.25, 0.3) is 0 Å². The summed E-state index contributed by atoms with van der Waals surface area (Å²) < 4.78 is 90.2. The van der Waals surface area contributed by atoms with Gasteiger partial charge in [0.1, 0.15) is 23.7 Å². The van der Waals surface area contributed by atoms with Crippen molar-refractivity contribution in [1.82, 2.24) is 25.0 Å². The van der Waals surface area contributed by atoms with E-state index in [1.165, 1.54) is 24.3 Å². The molecule has 0 radical (unpaired) electrons. The molecule has 0 spiro atoms. The number of pyridine rings is 1. The van der Waals surface area contributed by atoms with Crippen LogP contribution in [0.3, 0.4) is 0 Å². The lowest BCUT2D eigenvalue weighted by Crippen LogP contribution is -2.60. The molecule has 4 aliphatic rings. The lowest BCUT2D eigenvalue weighted by Gasteiger charge is -2.42. The highest BCUT2D eigenvalue weighted by atomic mass is 32.1. The highest BCUT2D eigenvalue weighted by Crippen LogP contribution is 2.40. The molecular weight excluding hydrogens is 835 g/mol. The van der Waals surface area contributed by atoms with Crippen molar-refractivity contribution in [1.29, 1.82) is 10.5 Å². The van der Waals surface area contributed by atoms with Crippen molar-refractivity contribution in [3.05, 3.63) is 47.3 Å². The summed E-state index contributed by atoms with van der Waals surface area (Å²) in [6.07, 6.45) is -6.34. The second kappa shape index (κ2) is 17.9. The van der Waals surface area contributed by atoms with Crippen molar-refractivity contribution < 1.29 is 50.3 Å². The normalized spacial score (nSPS) is 24.0. The van der Waals surface area contributed by atoms with Crippen LogP contribution in [-0.4, -0.2) is 124 Å². The summed E-state index contributed by atoms with van der Waals surface area (Å²) in [5, 5.41) is 26.4. The van der Waals surface area contributed by atoms with Gasteiger partial charge in [-0.15, -0.1) is 0 Å². The number of rotatable bonds is 11. The summed E-state index contributed by atoms with van der Waals surface area (Å²) >= 11 is 5.64. The minimum absolute atomic E-state index is 0.0107. The van der Waals surface area contributed by atoms with Gasteiger partial charge in [-0.05, 0) is 82.4 Å². The molecule has 22 heteroatoms. The third-order valence-corrected chi connectivity index (χ3v) is 11.6. The Hall–Kier alpha value is -5.42. The predicted octanol–water partition coefficient (Wildman–Crippen LogP) is 4.29. The highest BCUT2D eigenvalue weighted by Gasteiger charge is 2.53. The molecule has 1 saturated carbocycles. The van der Waals surface area contributed by atoms with Crippen LogP contribution in [0.1, 0.15) is 69.2 Å². The number of anilines is 3. The number of nitrogens with zero attached hydrogens (tertiary/aromatic N) is 7. The van der Waals surface area contributed by atoms with E-state index in [4.69, 9.17) is 22.2 Å². The number of hydrogen-bond acceptors (Lipinski definition) is 12. The first-order valence-electron chi connectivity index (χ1n) is 19.4. The Morgan fingerprint density at radius 1 is 1.00 bits per heavy atom. The SMILES string of the molecule is CC1(C)C(=O)N(c2cnc(C#N)c(C(F)(F)F)c2)C(=S)N1C1CCC(OCCN2CCN(CC(=O)Nc3cc(C#N)cc(NC4CCC(=O)NC4=O)c3)C(C(F)(F)F)C2)CC1. The zero-order chi connectivity index (χ0) is 44.4. The third kappa shape index (κ3) is 10.2. The molecule has 4 amide bonds. The summed E-state index contributed by atoms with van der Waals surface area (Å²) in [5.41, 5.74) is -2.96. The van der Waals surface area contributed by atoms with Crippen LogP contribution in [0.4, 0.5) is 43.4 Å². The van der Waals surface area contributed by atoms with Crippen molar-refractivity contribution in [2.45, 2.75) is 94.5 Å². The summed E-state index contributed by atoms with van der Waals surface area (Å²) in [7, 11) is 0. The second-order valence-corrected chi connectivity index (χ2v) is 16.2. The molecule has 3 aliphatic heterocycles. The number of alkyl halides is 6. The number of ether oxygens (including phenoxy) is 1. The van der Waals surface area contributed by atoms with Crippen molar-refractivity contribution in [3.8, 4) is 12.1 Å². The van der Waals surface area contributed by atoms with E-state index in [1.807, 2.05) is 6.07 Å². The molecule has 15 nitrogen and oxygen atoms in total. The first-order chi connectivity index (χ1) is 28.7. The Morgan fingerprint density at radius 2 is 1.70 bits per heavy atom. The summed E-state index contributed by atoms with van der Waals surface area (Å²) in [6, 6.07) is 5.32. The van der Waals surface area contributed by atoms with Crippen LogP contribution >= 0.6 is 12.2 Å². The van der Waals surface area contributed by atoms with E-state index in [0.717, 1.165) is 16.0 Å². The summed E-state index contributed by atoms with van der Waals surface area (Å²) in [4.78, 5) is 59.4. The van der Waals surface area contributed by atoms with Crippen LogP contribution < -0.4 is 20.9 Å². The van der Waals surface area contributed by atoms with Gasteiger partial charge < -0.3 is 20.3 Å². The zero-order valence-electron chi connectivity index (χ0n) is 33.0. The topological polar surface area (TPSA) is 187 Å². The lowest BCUT2D eigenvalue weighted by molar-refractivity contribution is -0.197. The van der Waals surface area contributed by atoms with Gasteiger partial charge in [-0.2, -0.15) is 36.9 Å². The number of thiocarbonyl (C=S) groups is 1. The molecule has 4 fully saturated rings. The molecule has 1 aromatic carbocycles. The zero-order valence-corrected chi connectivity index (χ0v) is 33.8. The number of carbonyl (C=O) groups is 4. The van der Waals surface area contributed by atoms with Crippen LogP contribution in [0.5, 0.6) is 0 Å². The van der Waals surface area contributed by atoms with Gasteiger partial charge >= 0.3 is 12.4 Å². The summed E-state index contributed by atoms with van der Waals surface area (Å²) in [5.74, 6) is -2.24. The number of aromatic nitrogens is 1. The fourth-order valence-corrected chi connectivity index (χ4v) is 8.76. The lowest BCUT2D eigenvalue weighted by atomic mass is 9.89. The van der Waals surface area contributed by atoms with Crippen molar-refractivity contribution in [2.24, 2.45) is 0 Å². The quantitative estimate of drug-likeness (QED) is 0.165. The minimum atomic E-state index is -4.89. The molecule has 326 valence electrons. The number of imide groups is 1. The van der Waals surface area contributed by atoms with E-state index in [1.54, 1.807) is 23.6 Å². The fraction of sp³-hybridized carbons (Fsp3) is 0.538. The molecule has 3 saturated heterocycles. The molecule has 2 atom stereocenters. The van der Waals surface area contributed by atoms with Gasteiger partial charge in [-0.1, -0.05) is 0 Å². The molecule has 4 heterocycles. The van der Waals surface area contributed by atoms with E-state index in [9.17, 15) is 50.8 Å². The monoisotopic (exact) mass is 876 g/mol. The smallest absolute Gasteiger partial charge is 0.377 e. The molecule has 2 unspecified atom stereocenters. The third-order valence-electron chi connectivity index (χ3n) is 11.3. The maximum absolute atomic E-state index is 14.3. The number of nitriles is 2. The number of carbonyl (C=O) groups excluding carboxylic acids is 4. The average Bonchev–Trinajstić information content (AvgIpc) is 3.37. The van der Waals surface area contributed by atoms with E-state index < -0.39 is 78.0 Å². The van der Waals surface area contributed by atoms with Gasteiger partial charge in [0.15, 0.2) is 10.8 Å². The number of piperidine rings is 1. The van der Waals surface area contributed by atoms with E-state index in [0.29, 0.717) is 37.4 Å². The Kier molecular flexibility index (Phi) is 13.2. The number of nitrogens with one attached hydrogen (secondary N) is 3. The molecule has 0 bridgehead atoms. The fourth-order valence-electron chi connectivity index (χ4n) is 8.20. The Labute approximate surface area is 351 Å². The largest absolute Gasteiger partial charge is 0.419 e. The molecule has 1 aliphatic carbocycles. The predicted molar refractivity (Wildman–Crippen MR) is 209 cm³/mol. The molecule has 2 aromatic rings. The van der Waals surface area contributed by atoms with Gasteiger partial charge in [0, 0.05) is 50.0 Å². The van der Waals surface area contributed by atoms with E-state index >= 15 is 0 Å². The Morgan fingerprint density at radius 3 is 2.34 bits per heavy atom. The van der Waals surface area contributed by atoms with Crippen LogP contribution in [0, 0.1) is 22.7 Å². The summed E-state index contributed by atoms with van der Waals surface area (Å²) in [6.45, 7) is 2.77. The van der Waals surface area contributed by atoms with Crippen molar-refractivity contribution in [3.63, 3.8) is 0 Å². The highest BCUT2D eigenvalue weighted by molar-refractivity contribution is 7.80. The molecular formula is C39H42F6N10O5S. The first kappa shape index (κ1) is 45.1. The van der Waals surface area contributed by atoms with Gasteiger partial charge in [0.25, 0.3) is 5.91 Å². The van der Waals surface area contributed by atoms with Crippen molar-refractivity contribution in [2.75, 3.05) is 54.9 Å². The standard InChI is InChI=1S/C39H42F6N10O5S/c1-37(2)35(59)54(26-16-28(38(40,41)42)30(18-47)48-19-26)36(61)55(37)25-3-5-27(6-4-25)60-12-11-52-9-10-53(31(20-52)39(43,44)45)21-33(57)50-24-14-22(17-46)13-23(15-24)49-29-7-8-32(56)51-34(29)58/h13-16,19,25,27,29,31,49H,3-12,20-21H2,1-2H3,(H,50,57)(H,51,56,58). The number of halogens is 6.